The second-order valence-electron chi connectivity index (χ2n) is 2.64. The largest absolute Gasteiger partial charge is 0.490 e. The Labute approximate surface area is 64.7 Å². The molecule has 0 amide bonds. The molecule has 3 atom stereocenters. The van der Waals surface area contributed by atoms with Crippen LogP contribution in [-0.4, -0.2) is 40.2 Å². The first-order valence-corrected chi connectivity index (χ1v) is 3.47. The summed E-state index contributed by atoms with van der Waals surface area (Å²) in [5.41, 5.74) is 0. The van der Waals surface area contributed by atoms with E-state index in [-0.39, 0.29) is 18.8 Å². The van der Waals surface area contributed by atoms with Crippen LogP contribution in [0.1, 0.15) is 6.42 Å². The first-order valence-electron chi connectivity index (χ1n) is 3.47. The number of aliphatic hydroxyl groups is 3. The van der Waals surface area contributed by atoms with Crippen molar-refractivity contribution >= 4 is 0 Å². The van der Waals surface area contributed by atoms with E-state index in [2.05, 4.69) is 6.58 Å². The molecular weight excluding hydrogens is 148 g/mol. The molecule has 0 unspecified atom stereocenters. The molecule has 3 N–H and O–H groups in total. The third-order valence-electron chi connectivity index (χ3n) is 1.72. The lowest BCUT2D eigenvalue weighted by Crippen LogP contribution is -2.40. The van der Waals surface area contributed by atoms with Gasteiger partial charge >= 0.3 is 0 Å². The van der Waals surface area contributed by atoms with Crippen molar-refractivity contribution in [3.63, 3.8) is 0 Å². The average molecular weight is 160 g/mol. The Morgan fingerprint density at radius 2 is 2.18 bits per heavy atom. The van der Waals surface area contributed by atoms with Crippen molar-refractivity contribution in [2.24, 2.45) is 0 Å². The van der Waals surface area contributed by atoms with E-state index in [1.54, 1.807) is 0 Å². The van der Waals surface area contributed by atoms with Crippen LogP contribution in [0, 0.1) is 0 Å². The van der Waals surface area contributed by atoms with Crippen molar-refractivity contribution in [1.82, 2.24) is 0 Å². The SMILES string of the molecule is C=C1O[C@H](CO)C[C@H](O)[C@@H]1O. The summed E-state index contributed by atoms with van der Waals surface area (Å²) in [6, 6.07) is 0. The molecule has 0 spiro atoms. The van der Waals surface area contributed by atoms with Gasteiger partial charge in [-0.15, -0.1) is 0 Å². The van der Waals surface area contributed by atoms with Crippen molar-refractivity contribution < 1.29 is 20.1 Å². The van der Waals surface area contributed by atoms with Gasteiger partial charge in [-0.1, -0.05) is 6.58 Å². The van der Waals surface area contributed by atoms with Gasteiger partial charge in [-0.3, -0.25) is 0 Å². The van der Waals surface area contributed by atoms with E-state index < -0.39 is 18.3 Å². The van der Waals surface area contributed by atoms with Gasteiger partial charge in [0.1, 0.15) is 18.0 Å². The summed E-state index contributed by atoms with van der Waals surface area (Å²) < 4.78 is 4.96. The molecule has 0 aliphatic carbocycles. The van der Waals surface area contributed by atoms with Gasteiger partial charge in [0.2, 0.25) is 0 Å². The summed E-state index contributed by atoms with van der Waals surface area (Å²) in [6.45, 7) is 3.24. The number of ether oxygens (including phenoxy) is 1. The molecule has 11 heavy (non-hydrogen) atoms. The van der Waals surface area contributed by atoms with Crippen LogP contribution < -0.4 is 0 Å². The molecule has 0 aromatic heterocycles. The van der Waals surface area contributed by atoms with E-state index in [4.69, 9.17) is 20.1 Å². The maximum atomic E-state index is 9.15. The Balaban J connectivity index is 2.54. The number of rotatable bonds is 1. The molecule has 4 heteroatoms. The van der Waals surface area contributed by atoms with E-state index in [0.29, 0.717) is 0 Å². The van der Waals surface area contributed by atoms with E-state index in [1.165, 1.54) is 0 Å². The summed E-state index contributed by atoms with van der Waals surface area (Å²) in [6.07, 6.45) is -2.07. The fourth-order valence-corrected chi connectivity index (χ4v) is 1.06. The highest BCUT2D eigenvalue weighted by Gasteiger charge is 2.31. The molecule has 1 heterocycles. The smallest absolute Gasteiger partial charge is 0.136 e. The first kappa shape index (κ1) is 8.52. The number of hydrogen-bond acceptors (Lipinski definition) is 4. The topological polar surface area (TPSA) is 69.9 Å². The summed E-state index contributed by atoms with van der Waals surface area (Å²) in [4.78, 5) is 0. The molecule has 0 saturated carbocycles. The van der Waals surface area contributed by atoms with E-state index >= 15 is 0 Å². The van der Waals surface area contributed by atoms with Crippen molar-refractivity contribution in [2.45, 2.75) is 24.7 Å². The van der Waals surface area contributed by atoms with Gasteiger partial charge in [-0.25, -0.2) is 0 Å². The minimum absolute atomic E-state index is 0.128. The van der Waals surface area contributed by atoms with Gasteiger partial charge in [-0.05, 0) is 0 Å². The molecule has 4 nitrogen and oxygen atoms in total. The standard InChI is InChI=1S/C7H12O4/c1-4-7(10)6(9)2-5(3-8)11-4/h5-10H,1-3H2/t5-,6-,7+/m0/s1. The zero-order chi connectivity index (χ0) is 8.43. The second-order valence-corrected chi connectivity index (χ2v) is 2.64. The molecule has 0 aromatic rings. The van der Waals surface area contributed by atoms with Crippen molar-refractivity contribution in [3.8, 4) is 0 Å². The second kappa shape index (κ2) is 3.21. The van der Waals surface area contributed by atoms with Gasteiger partial charge in [0.25, 0.3) is 0 Å². The zero-order valence-corrected chi connectivity index (χ0v) is 6.10. The Bertz CT molecular complexity index is 157. The summed E-state index contributed by atoms with van der Waals surface area (Å²) in [5, 5.41) is 26.9. The highest BCUT2D eigenvalue weighted by atomic mass is 16.5. The fraction of sp³-hybridized carbons (Fsp3) is 0.714. The predicted molar refractivity (Wildman–Crippen MR) is 37.7 cm³/mol. The fourth-order valence-electron chi connectivity index (χ4n) is 1.06. The summed E-state index contributed by atoms with van der Waals surface area (Å²) in [5.74, 6) is 0.128. The van der Waals surface area contributed by atoms with Gasteiger partial charge in [0.05, 0.1) is 12.7 Å². The molecule has 1 fully saturated rings. The van der Waals surface area contributed by atoms with Crippen LogP contribution in [0.4, 0.5) is 0 Å². The Kier molecular flexibility index (Phi) is 2.49. The van der Waals surface area contributed by atoms with Crippen molar-refractivity contribution in [2.75, 3.05) is 6.61 Å². The van der Waals surface area contributed by atoms with Gasteiger partial charge in [0.15, 0.2) is 0 Å². The Hall–Kier alpha value is -0.580. The van der Waals surface area contributed by atoms with E-state index in [0.717, 1.165) is 0 Å². The molecular formula is C7H12O4. The lowest BCUT2D eigenvalue weighted by molar-refractivity contribution is -0.0895. The maximum Gasteiger partial charge on any atom is 0.136 e. The maximum absolute atomic E-state index is 9.15. The minimum Gasteiger partial charge on any atom is -0.490 e. The van der Waals surface area contributed by atoms with Crippen LogP contribution in [-0.2, 0) is 4.74 Å². The molecule has 1 saturated heterocycles. The van der Waals surface area contributed by atoms with E-state index in [9.17, 15) is 0 Å². The van der Waals surface area contributed by atoms with Crippen molar-refractivity contribution in [3.05, 3.63) is 12.3 Å². The molecule has 1 aliphatic rings. The van der Waals surface area contributed by atoms with Crippen LogP contribution in [0.25, 0.3) is 0 Å². The lowest BCUT2D eigenvalue weighted by Gasteiger charge is -2.31. The lowest BCUT2D eigenvalue weighted by atomic mass is 10.0. The Morgan fingerprint density at radius 1 is 1.55 bits per heavy atom. The van der Waals surface area contributed by atoms with Gasteiger partial charge < -0.3 is 20.1 Å². The monoisotopic (exact) mass is 160 g/mol. The van der Waals surface area contributed by atoms with Gasteiger partial charge in [0, 0.05) is 6.42 Å². The molecule has 1 rings (SSSR count). The van der Waals surface area contributed by atoms with Crippen LogP contribution >= 0.6 is 0 Å². The highest BCUT2D eigenvalue weighted by Crippen LogP contribution is 2.21. The molecule has 1 aliphatic heterocycles. The van der Waals surface area contributed by atoms with Crippen LogP contribution in [0.5, 0.6) is 0 Å². The highest BCUT2D eigenvalue weighted by molar-refractivity contribution is 5.00. The van der Waals surface area contributed by atoms with Crippen LogP contribution in [0.2, 0.25) is 0 Å². The first-order chi connectivity index (χ1) is 5.15. The predicted octanol–water partition coefficient (Wildman–Crippen LogP) is -0.997. The third kappa shape index (κ3) is 1.71. The van der Waals surface area contributed by atoms with Crippen molar-refractivity contribution in [1.29, 1.82) is 0 Å². The summed E-state index contributed by atoms with van der Waals surface area (Å²) >= 11 is 0. The third-order valence-corrected chi connectivity index (χ3v) is 1.72. The molecule has 0 bridgehead atoms. The number of aliphatic hydroxyl groups excluding tert-OH is 3. The van der Waals surface area contributed by atoms with E-state index in [1.807, 2.05) is 0 Å². The zero-order valence-electron chi connectivity index (χ0n) is 6.10. The quantitative estimate of drug-likeness (QED) is 0.460. The van der Waals surface area contributed by atoms with Crippen LogP contribution in [0.15, 0.2) is 12.3 Å². The molecule has 0 aromatic carbocycles. The van der Waals surface area contributed by atoms with Gasteiger partial charge in [-0.2, -0.15) is 0 Å². The Morgan fingerprint density at radius 3 is 2.64 bits per heavy atom. The molecule has 64 valence electrons. The number of hydrogen-bond donors (Lipinski definition) is 3. The van der Waals surface area contributed by atoms with Crippen LogP contribution in [0.3, 0.4) is 0 Å². The average Bonchev–Trinajstić information content (AvgIpc) is 1.99. The minimum atomic E-state index is -1.02. The summed E-state index contributed by atoms with van der Waals surface area (Å²) in [7, 11) is 0. The normalized spacial score (nSPS) is 38.5. The molecule has 0 radical (unpaired) electrons.